The van der Waals surface area contributed by atoms with E-state index in [1.54, 1.807) is 5.01 Å². The zero-order valence-corrected chi connectivity index (χ0v) is 15.6. The van der Waals surface area contributed by atoms with Crippen LogP contribution in [0.3, 0.4) is 0 Å². The van der Waals surface area contributed by atoms with Gasteiger partial charge in [0.15, 0.2) is 0 Å². The minimum Gasteiger partial charge on any atom is -0.273 e. The summed E-state index contributed by atoms with van der Waals surface area (Å²) in [5.41, 5.74) is 5.85. The molecule has 0 N–H and O–H groups in total. The molecule has 1 aromatic carbocycles. The van der Waals surface area contributed by atoms with Gasteiger partial charge in [0.05, 0.1) is 16.9 Å². The maximum Gasteiger partial charge on any atom is 0.242 e. The zero-order chi connectivity index (χ0) is 18.8. The lowest BCUT2D eigenvalue weighted by Gasteiger charge is -2.14. The Balaban J connectivity index is 1.79. The van der Waals surface area contributed by atoms with E-state index in [1.165, 1.54) is 5.56 Å². The number of pyridine rings is 2. The van der Waals surface area contributed by atoms with E-state index >= 15 is 0 Å². The standard InChI is InChI=1S/C22H22N4O/c1-15-8-9-19-18(13-15)17(10-11-23-19)14-21(20-6-3-5-16(2)24-20)25-26-12-4-7-22(26)27/h3,5-6,8-11,13H,4,7,12,14H2,1-2H3. The molecular weight excluding hydrogens is 336 g/mol. The van der Waals surface area contributed by atoms with Crippen LogP contribution in [0.2, 0.25) is 0 Å². The summed E-state index contributed by atoms with van der Waals surface area (Å²) >= 11 is 0. The highest BCUT2D eigenvalue weighted by molar-refractivity contribution is 6.02. The molecule has 0 saturated carbocycles. The Bertz CT molecular complexity index is 1040. The normalized spacial score (nSPS) is 15.0. The summed E-state index contributed by atoms with van der Waals surface area (Å²) in [6.45, 7) is 4.72. The Labute approximate surface area is 158 Å². The maximum absolute atomic E-state index is 12.1. The second-order valence-electron chi connectivity index (χ2n) is 7.00. The number of amides is 1. The van der Waals surface area contributed by atoms with E-state index in [1.807, 2.05) is 43.5 Å². The molecule has 0 aliphatic carbocycles. The molecule has 1 aliphatic heterocycles. The predicted octanol–water partition coefficient (Wildman–Crippen LogP) is 3.82. The highest BCUT2D eigenvalue weighted by Gasteiger charge is 2.21. The lowest BCUT2D eigenvalue weighted by molar-refractivity contribution is -0.127. The molecule has 0 atom stereocenters. The molecule has 0 radical (unpaired) electrons. The Morgan fingerprint density at radius 3 is 2.85 bits per heavy atom. The first-order valence-electron chi connectivity index (χ1n) is 9.26. The minimum atomic E-state index is 0.0792. The van der Waals surface area contributed by atoms with Crippen molar-refractivity contribution in [1.29, 1.82) is 0 Å². The summed E-state index contributed by atoms with van der Waals surface area (Å²) in [6, 6.07) is 14.2. The van der Waals surface area contributed by atoms with Crippen LogP contribution < -0.4 is 0 Å². The van der Waals surface area contributed by atoms with Gasteiger partial charge in [-0.3, -0.25) is 14.8 Å². The average molecular weight is 358 g/mol. The number of hydrogen-bond donors (Lipinski definition) is 0. The van der Waals surface area contributed by atoms with E-state index in [9.17, 15) is 4.79 Å². The zero-order valence-electron chi connectivity index (χ0n) is 15.6. The number of fused-ring (bicyclic) bond motifs is 1. The van der Waals surface area contributed by atoms with Crippen molar-refractivity contribution in [1.82, 2.24) is 15.0 Å². The molecule has 0 unspecified atom stereocenters. The second-order valence-corrected chi connectivity index (χ2v) is 7.00. The maximum atomic E-state index is 12.1. The molecule has 27 heavy (non-hydrogen) atoms. The number of benzene rings is 1. The molecular formula is C22H22N4O. The summed E-state index contributed by atoms with van der Waals surface area (Å²) in [6.07, 6.45) is 3.85. The summed E-state index contributed by atoms with van der Waals surface area (Å²) in [7, 11) is 0. The second kappa shape index (κ2) is 7.27. The van der Waals surface area contributed by atoms with E-state index in [4.69, 9.17) is 5.10 Å². The number of aromatic nitrogens is 2. The highest BCUT2D eigenvalue weighted by atomic mass is 16.2. The molecule has 1 aliphatic rings. The van der Waals surface area contributed by atoms with Gasteiger partial charge in [-0.2, -0.15) is 5.10 Å². The van der Waals surface area contributed by atoms with Crippen LogP contribution in [0.4, 0.5) is 0 Å². The summed E-state index contributed by atoms with van der Waals surface area (Å²) in [5, 5.41) is 7.42. The summed E-state index contributed by atoms with van der Waals surface area (Å²) < 4.78 is 0. The lowest BCUT2D eigenvalue weighted by atomic mass is 10.0. The van der Waals surface area contributed by atoms with E-state index in [0.717, 1.165) is 40.0 Å². The number of rotatable bonds is 4. The van der Waals surface area contributed by atoms with Gasteiger partial charge in [-0.25, -0.2) is 5.01 Å². The van der Waals surface area contributed by atoms with E-state index in [-0.39, 0.29) is 5.91 Å². The number of aryl methyl sites for hydroxylation is 2. The van der Waals surface area contributed by atoms with Crippen LogP contribution in [-0.4, -0.2) is 33.1 Å². The summed E-state index contributed by atoms with van der Waals surface area (Å²) in [5.74, 6) is 0.0792. The van der Waals surface area contributed by atoms with Crippen LogP contribution >= 0.6 is 0 Å². The van der Waals surface area contributed by atoms with Crippen molar-refractivity contribution in [2.75, 3.05) is 6.54 Å². The molecule has 5 nitrogen and oxygen atoms in total. The Morgan fingerprint density at radius 1 is 1.19 bits per heavy atom. The fraction of sp³-hybridized carbons (Fsp3) is 0.273. The van der Waals surface area contributed by atoms with Gasteiger partial charge < -0.3 is 0 Å². The Morgan fingerprint density at radius 2 is 2.07 bits per heavy atom. The first-order valence-corrected chi connectivity index (χ1v) is 9.26. The van der Waals surface area contributed by atoms with Crippen LogP contribution in [0.1, 0.15) is 35.4 Å². The van der Waals surface area contributed by atoms with Crippen LogP contribution in [0.25, 0.3) is 10.9 Å². The van der Waals surface area contributed by atoms with Crippen LogP contribution in [0, 0.1) is 13.8 Å². The van der Waals surface area contributed by atoms with Gasteiger partial charge in [-0.1, -0.05) is 17.7 Å². The average Bonchev–Trinajstić information content (AvgIpc) is 3.06. The van der Waals surface area contributed by atoms with Crippen molar-refractivity contribution in [3.8, 4) is 0 Å². The Hall–Kier alpha value is -3.08. The smallest absolute Gasteiger partial charge is 0.242 e. The highest BCUT2D eigenvalue weighted by Crippen LogP contribution is 2.21. The lowest BCUT2D eigenvalue weighted by Crippen LogP contribution is -2.22. The van der Waals surface area contributed by atoms with Crippen molar-refractivity contribution < 1.29 is 4.79 Å². The largest absolute Gasteiger partial charge is 0.273 e. The molecule has 136 valence electrons. The third-order valence-corrected chi connectivity index (χ3v) is 4.82. The van der Waals surface area contributed by atoms with Gasteiger partial charge >= 0.3 is 0 Å². The topological polar surface area (TPSA) is 58.5 Å². The first-order chi connectivity index (χ1) is 13.1. The molecule has 1 fully saturated rings. The molecule has 0 bridgehead atoms. The molecule has 0 spiro atoms. The fourth-order valence-electron chi connectivity index (χ4n) is 3.42. The van der Waals surface area contributed by atoms with Crippen molar-refractivity contribution in [3.05, 3.63) is 71.2 Å². The van der Waals surface area contributed by atoms with Gasteiger partial charge in [0.1, 0.15) is 0 Å². The van der Waals surface area contributed by atoms with Crippen molar-refractivity contribution >= 4 is 22.5 Å². The van der Waals surface area contributed by atoms with Crippen molar-refractivity contribution in [3.63, 3.8) is 0 Å². The third kappa shape index (κ3) is 3.72. The fourth-order valence-corrected chi connectivity index (χ4v) is 3.42. The molecule has 2 aromatic heterocycles. The van der Waals surface area contributed by atoms with Gasteiger partial charge in [-0.15, -0.1) is 0 Å². The monoisotopic (exact) mass is 358 g/mol. The van der Waals surface area contributed by atoms with E-state index in [2.05, 4.69) is 29.0 Å². The Kier molecular flexibility index (Phi) is 4.67. The molecule has 1 amide bonds. The minimum absolute atomic E-state index is 0.0792. The van der Waals surface area contributed by atoms with E-state index < -0.39 is 0 Å². The number of hydrogen-bond acceptors (Lipinski definition) is 4. The van der Waals surface area contributed by atoms with Gasteiger partial charge in [0, 0.05) is 36.7 Å². The first kappa shape index (κ1) is 17.3. The van der Waals surface area contributed by atoms with Gasteiger partial charge in [0.25, 0.3) is 0 Å². The quantitative estimate of drug-likeness (QED) is 0.666. The number of nitrogens with zero attached hydrogens (tertiary/aromatic N) is 4. The summed E-state index contributed by atoms with van der Waals surface area (Å²) in [4.78, 5) is 21.2. The molecule has 3 heterocycles. The SMILES string of the molecule is Cc1ccc2nccc(CC(=NN3CCCC3=O)c3cccc(C)n3)c2c1. The third-order valence-electron chi connectivity index (χ3n) is 4.82. The molecule has 1 saturated heterocycles. The van der Waals surface area contributed by atoms with Crippen molar-refractivity contribution in [2.24, 2.45) is 5.10 Å². The molecule has 4 rings (SSSR count). The van der Waals surface area contributed by atoms with E-state index in [0.29, 0.717) is 19.4 Å². The number of carbonyl (C=O) groups excluding carboxylic acids is 1. The number of carbonyl (C=O) groups is 1. The predicted molar refractivity (Wildman–Crippen MR) is 107 cm³/mol. The van der Waals surface area contributed by atoms with Gasteiger partial charge in [-0.05, 0) is 56.2 Å². The van der Waals surface area contributed by atoms with Crippen LogP contribution in [0.5, 0.6) is 0 Å². The van der Waals surface area contributed by atoms with Crippen LogP contribution in [0.15, 0.2) is 53.8 Å². The molecule has 5 heteroatoms. The van der Waals surface area contributed by atoms with Gasteiger partial charge in [0.2, 0.25) is 5.91 Å². The van der Waals surface area contributed by atoms with Crippen molar-refractivity contribution in [2.45, 2.75) is 33.1 Å². The molecule has 3 aromatic rings. The van der Waals surface area contributed by atoms with Crippen LogP contribution in [-0.2, 0) is 11.2 Å². The number of hydrazone groups is 1.